The van der Waals surface area contributed by atoms with Gasteiger partial charge in [0.05, 0.1) is 12.2 Å². The Kier molecular flexibility index (Phi) is 7.05. The number of hydrogen-bond donors (Lipinski definition) is 0. The van der Waals surface area contributed by atoms with Crippen LogP contribution in [-0.2, 0) is 28.7 Å². The summed E-state index contributed by atoms with van der Waals surface area (Å²) in [5.74, 6) is -0.934. The fraction of sp³-hybridized carbons (Fsp3) is 0.519. The molecule has 2 saturated heterocycles. The lowest BCUT2D eigenvalue weighted by Gasteiger charge is -2.41. The zero-order valence-corrected chi connectivity index (χ0v) is 19.9. The molecule has 3 aliphatic heterocycles. The highest BCUT2D eigenvalue weighted by Crippen LogP contribution is 2.35. The van der Waals surface area contributed by atoms with Gasteiger partial charge in [-0.3, -0.25) is 9.69 Å². The fourth-order valence-corrected chi connectivity index (χ4v) is 5.75. The smallest absolute Gasteiger partial charge is 0.367 e. The molecule has 4 nitrogen and oxygen atoms in total. The first-order valence-corrected chi connectivity index (χ1v) is 12.5. The second-order valence-corrected chi connectivity index (χ2v) is 10.0. The van der Waals surface area contributed by atoms with Crippen molar-refractivity contribution in [1.82, 2.24) is 9.80 Å². The third kappa shape index (κ3) is 5.27. The Balaban J connectivity index is 1.14. The van der Waals surface area contributed by atoms with Crippen molar-refractivity contribution in [2.24, 2.45) is 0 Å². The summed E-state index contributed by atoms with van der Waals surface area (Å²) in [4.78, 5) is 17.0. The van der Waals surface area contributed by atoms with Gasteiger partial charge in [-0.15, -0.1) is 0 Å². The standard InChI is InChI=1S/C27H29F5N2O2/c28-21-3-1-17(2-4-21)18-7-10-33(11-8-18)22-5-6-25(36-16-22)26(35)34-12-9-23-19(15-34)13-20(14-24(23)29)27(30,31)32/h1-4,13-14,18,22,25H,5-12,15-16H2. The number of ether oxygens (including phenoxy) is 1. The van der Waals surface area contributed by atoms with E-state index in [4.69, 9.17) is 4.74 Å². The molecule has 0 bridgehead atoms. The van der Waals surface area contributed by atoms with Crippen LogP contribution in [0.1, 0.15) is 53.9 Å². The monoisotopic (exact) mass is 508 g/mol. The summed E-state index contributed by atoms with van der Waals surface area (Å²) in [6.45, 7) is 2.45. The van der Waals surface area contributed by atoms with E-state index in [2.05, 4.69) is 4.90 Å². The Morgan fingerprint density at radius 3 is 2.31 bits per heavy atom. The van der Waals surface area contributed by atoms with Crippen LogP contribution < -0.4 is 0 Å². The number of fused-ring (bicyclic) bond motifs is 1. The minimum absolute atomic E-state index is 0.0464. The largest absolute Gasteiger partial charge is 0.416 e. The van der Waals surface area contributed by atoms with E-state index in [0.29, 0.717) is 25.0 Å². The van der Waals surface area contributed by atoms with Gasteiger partial charge in [0.2, 0.25) is 0 Å². The normalized spacial score (nSPS) is 24.0. The van der Waals surface area contributed by atoms with Gasteiger partial charge in [-0.2, -0.15) is 13.2 Å². The SMILES string of the molecule is O=C(C1CCC(N2CCC(c3ccc(F)cc3)CC2)CO1)N1CCc2c(F)cc(C(F)(F)F)cc2C1. The molecule has 0 N–H and O–H groups in total. The number of alkyl halides is 3. The molecule has 2 aromatic rings. The number of carbonyl (C=O) groups excluding carboxylic acids is 1. The van der Waals surface area contributed by atoms with Crippen LogP contribution in [0.2, 0.25) is 0 Å². The third-order valence-electron chi connectivity index (χ3n) is 7.83. The Morgan fingerprint density at radius 2 is 1.67 bits per heavy atom. The van der Waals surface area contributed by atoms with Crippen molar-refractivity contribution >= 4 is 5.91 Å². The number of piperidine rings is 1. The van der Waals surface area contributed by atoms with Crippen molar-refractivity contribution in [3.8, 4) is 0 Å². The average Bonchev–Trinajstić information content (AvgIpc) is 2.88. The van der Waals surface area contributed by atoms with Crippen LogP contribution in [0.5, 0.6) is 0 Å². The third-order valence-corrected chi connectivity index (χ3v) is 7.83. The molecule has 36 heavy (non-hydrogen) atoms. The summed E-state index contributed by atoms with van der Waals surface area (Å²) in [7, 11) is 0. The van der Waals surface area contributed by atoms with E-state index in [1.807, 2.05) is 12.1 Å². The molecule has 3 heterocycles. The zero-order chi connectivity index (χ0) is 25.4. The molecule has 0 spiro atoms. The highest BCUT2D eigenvalue weighted by molar-refractivity contribution is 5.81. The molecule has 1 amide bonds. The summed E-state index contributed by atoms with van der Waals surface area (Å²) in [6, 6.07) is 8.41. The van der Waals surface area contributed by atoms with Crippen molar-refractivity contribution < 1.29 is 31.5 Å². The van der Waals surface area contributed by atoms with E-state index < -0.39 is 23.7 Å². The van der Waals surface area contributed by atoms with Crippen LogP contribution in [0, 0.1) is 11.6 Å². The van der Waals surface area contributed by atoms with Gasteiger partial charge in [0.25, 0.3) is 5.91 Å². The first kappa shape index (κ1) is 25.1. The lowest BCUT2D eigenvalue weighted by molar-refractivity contribution is -0.150. The van der Waals surface area contributed by atoms with E-state index in [1.165, 1.54) is 17.0 Å². The van der Waals surface area contributed by atoms with Crippen LogP contribution in [0.15, 0.2) is 36.4 Å². The molecule has 0 aliphatic carbocycles. The van der Waals surface area contributed by atoms with Crippen molar-refractivity contribution in [1.29, 1.82) is 0 Å². The number of halogens is 5. The van der Waals surface area contributed by atoms with Crippen LogP contribution in [0.4, 0.5) is 22.0 Å². The van der Waals surface area contributed by atoms with Gasteiger partial charge in [0, 0.05) is 19.1 Å². The number of nitrogens with zero attached hydrogens (tertiary/aromatic N) is 2. The Labute approximate surface area is 207 Å². The van der Waals surface area contributed by atoms with Crippen LogP contribution >= 0.6 is 0 Å². The summed E-state index contributed by atoms with van der Waals surface area (Å²) in [5.41, 5.74) is 0.584. The quantitative estimate of drug-likeness (QED) is 0.528. The van der Waals surface area contributed by atoms with Crippen LogP contribution in [-0.4, -0.2) is 54.1 Å². The maximum atomic E-state index is 14.3. The van der Waals surface area contributed by atoms with Crippen molar-refractivity contribution in [2.75, 3.05) is 26.2 Å². The van der Waals surface area contributed by atoms with E-state index in [-0.39, 0.29) is 48.4 Å². The Morgan fingerprint density at radius 1 is 0.944 bits per heavy atom. The summed E-state index contributed by atoms with van der Waals surface area (Å²) in [5, 5.41) is 0. The second-order valence-electron chi connectivity index (χ2n) is 10.0. The average molecular weight is 509 g/mol. The molecule has 2 fully saturated rings. The molecule has 2 unspecified atom stereocenters. The first-order valence-electron chi connectivity index (χ1n) is 12.5. The van der Waals surface area contributed by atoms with E-state index in [0.717, 1.165) is 44.0 Å². The van der Waals surface area contributed by atoms with Gasteiger partial charge in [-0.25, -0.2) is 8.78 Å². The van der Waals surface area contributed by atoms with Gasteiger partial charge in [-0.05, 0) is 92.1 Å². The molecule has 0 saturated carbocycles. The minimum Gasteiger partial charge on any atom is -0.367 e. The van der Waals surface area contributed by atoms with Crippen LogP contribution in [0.25, 0.3) is 0 Å². The predicted molar refractivity (Wildman–Crippen MR) is 123 cm³/mol. The van der Waals surface area contributed by atoms with E-state index in [9.17, 15) is 26.7 Å². The molecule has 2 atom stereocenters. The summed E-state index contributed by atoms with van der Waals surface area (Å²) in [6.07, 6.45) is -1.78. The molecule has 2 aromatic carbocycles. The topological polar surface area (TPSA) is 32.8 Å². The molecular formula is C27H29F5N2O2. The number of carbonyl (C=O) groups is 1. The lowest BCUT2D eigenvalue weighted by Crippen LogP contribution is -2.50. The van der Waals surface area contributed by atoms with E-state index >= 15 is 0 Å². The highest BCUT2D eigenvalue weighted by atomic mass is 19.4. The Bertz CT molecular complexity index is 1090. The molecule has 3 aliphatic rings. The lowest BCUT2D eigenvalue weighted by atomic mass is 9.88. The first-order chi connectivity index (χ1) is 17.2. The fourth-order valence-electron chi connectivity index (χ4n) is 5.75. The molecule has 0 radical (unpaired) electrons. The predicted octanol–water partition coefficient (Wildman–Crippen LogP) is 5.30. The molecule has 5 rings (SSSR count). The molecule has 0 aromatic heterocycles. The molecule has 194 valence electrons. The number of hydrogen-bond acceptors (Lipinski definition) is 3. The maximum Gasteiger partial charge on any atom is 0.416 e. The van der Waals surface area contributed by atoms with Gasteiger partial charge >= 0.3 is 6.18 Å². The number of benzene rings is 2. The molecular weight excluding hydrogens is 479 g/mol. The maximum absolute atomic E-state index is 14.3. The highest BCUT2D eigenvalue weighted by Gasteiger charge is 2.37. The van der Waals surface area contributed by atoms with Gasteiger partial charge in [0.1, 0.15) is 17.7 Å². The second kappa shape index (κ2) is 10.1. The van der Waals surface area contributed by atoms with Crippen molar-refractivity contribution in [3.05, 3.63) is 70.3 Å². The minimum atomic E-state index is -4.64. The zero-order valence-electron chi connectivity index (χ0n) is 19.9. The van der Waals surface area contributed by atoms with Gasteiger partial charge in [-0.1, -0.05) is 12.1 Å². The van der Waals surface area contributed by atoms with Crippen molar-refractivity contribution in [2.45, 2.75) is 62.9 Å². The summed E-state index contributed by atoms with van der Waals surface area (Å²) >= 11 is 0. The van der Waals surface area contributed by atoms with E-state index in [1.54, 1.807) is 0 Å². The number of rotatable bonds is 3. The molecule has 9 heteroatoms. The van der Waals surface area contributed by atoms with Crippen LogP contribution in [0.3, 0.4) is 0 Å². The van der Waals surface area contributed by atoms with Crippen molar-refractivity contribution in [3.63, 3.8) is 0 Å². The number of likely N-dealkylation sites (tertiary alicyclic amines) is 1. The van der Waals surface area contributed by atoms with Gasteiger partial charge < -0.3 is 9.64 Å². The number of amides is 1. The Hall–Kier alpha value is -2.52. The van der Waals surface area contributed by atoms with Gasteiger partial charge in [0.15, 0.2) is 0 Å². The summed E-state index contributed by atoms with van der Waals surface area (Å²) < 4.78 is 72.7.